The molecule has 0 bridgehead atoms. The van der Waals surface area contributed by atoms with Crippen molar-refractivity contribution in [3.05, 3.63) is 92.9 Å². The SMILES string of the molecule is C[NH2+]/C=C(\C=N)Cn1cc(F)c(OCCc2ccc(Oc3ccc(Cl)c(C(F)(F)F)c3)cc2)nc1=O. The Morgan fingerprint density at radius 2 is 1.89 bits per heavy atom. The molecule has 0 saturated carbocycles. The largest absolute Gasteiger partial charge is 0.475 e. The Balaban J connectivity index is 1.59. The highest BCUT2D eigenvalue weighted by molar-refractivity contribution is 6.31. The average molecular weight is 526 g/mol. The highest BCUT2D eigenvalue weighted by atomic mass is 35.5. The molecule has 0 unspecified atom stereocenters. The Labute approximate surface area is 208 Å². The molecule has 1 heterocycles. The van der Waals surface area contributed by atoms with E-state index in [1.807, 2.05) is 0 Å². The van der Waals surface area contributed by atoms with Crippen LogP contribution in [0.3, 0.4) is 0 Å². The fourth-order valence-corrected chi connectivity index (χ4v) is 3.36. The van der Waals surface area contributed by atoms with Gasteiger partial charge in [0.25, 0.3) is 5.88 Å². The fraction of sp³-hybridized carbons (Fsp3) is 0.208. The highest BCUT2D eigenvalue weighted by Gasteiger charge is 2.33. The first-order valence-corrected chi connectivity index (χ1v) is 11.0. The lowest BCUT2D eigenvalue weighted by atomic mass is 10.1. The van der Waals surface area contributed by atoms with Crippen molar-refractivity contribution in [2.24, 2.45) is 0 Å². The van der Waals surface area contributed by atoms with Crippen molar-refractivity contribution in [1.82, 2.24) is 9.55 Å². The summed E-state index contributed by atoms with van der Waals surface area (Å²) in [5.41, 5.74) is -0.429. The molecule has 190 valence electrons. The number of nitrogens with zero attached hydrogens (tertiary/aromatic N) is 2. The Morgan fingerprint density at radius 3 is 2.53 bits per heavy atom. The fourth-order valence-electron chi connectivity index (χ4n) is 3.13. The van der Waals surface area contributed by atoms with E-state index in [1.54, 1.807) is 42.8 Å². The van der Waals surface area contributed by atoms with Gasteiger partial charge < -0.3 is 20.2 Å². The number of halogens is 5. The van der Waals surface area contributed by atoms with E-state index < -0.39 is 34.1 Å². The lowest BCUT2D eigenvalue weighted by Gasteiger charge is -2.12. The molecule has 3 N–H and O–H groups in total. The lowest BCUT2D eigenvalue weighted by molar-refractivity contribution is -0.557. The summed E-state index contributed by atoms with van der Waals surface area (Å²) in [5.74, 6) is -0.952. The second-order valence-corrected chi connectivity index (χ2v) is 7.91. The first-order chi connectivity index (χ1) is 17.1. The standard InChI is InChI=1S/C24H21ClF4N4O3/c1-31-12-16(11-30)13-33-14-21(26)22(32-23(33)34)35-9-8-15-2-4-17(5-3-15)36-18-6-7-20(25)19(10-18)24(27,28)29/h2-7,10-12,14,30-31H,8-9,13H2,1H3/p+1/b16-12+,30-11?. The van der Waals surface area contributed by atoms with Gasteiger partial charge in [-0.1, -0.05) is 23.7 Å². The van der Waals surface area contributed by atoms with Crippen LogP contribution in [-0.2, 0) is 19.1 Å². The molecule has 0 aliphatic heterocycles. The van der Waals surface area contributed by atoms with Gasteiger partial charge in [0.15, 0.2) is 0 Å². The lowest BCUT2D eigenvalue weighted by Crippen LogP contribution is -2.73. The van der Waals surface area contributed by atoms with Crippen molar-refractivity contribution in [3.63, 3.8) is 0 Å². The minimum Gasteiger partial charge on any atom is -0.475 e. The van der Waals surface area contributed by atoms with Gasteiger partial charge in [0, 0.05) is 18.2 Å². The molecule has 36 heavy (non-hydrogen) atoms. The van der Waals surface area contributed by atoms with Gasteiger partial charge in [-0.05, 0) is 35.9 Å². The zero-order chi connectivity index (χ0) is 26.3. The van der Waals surface area contributed by atoms with Gasteiger partial charge in [0.05, 0.1) is 43.2 Å². The Hall–Kier alpha value is -3.70. The van der Waals surface area contributed by atoms with Crippen LogP contribution in [0, 0.1) is 11.2 Å². The molecule has 12 heteroatoms. The molecule has 0 aliphatic carbocycles. The third-order valence-corrected chi connectivity index (χ3v) is 5.20. The maximum Gasteiger partial charge on any atom is 0.417 e. The average Bonchev–Trinajstić information content (AvgIpc) is 2.83. The first kappa shape index (κ1) is 26.9. The zero-order valence-electron chi connectivity index (χ0n) is 19.0. The van der Waals surface area contributed by atoms with Crippen LogP contribution in [0.1, 0.15) is 11.1 Å². The van der Waals surface area contributed by atoms with E-state index in [9.17, 15) is 22.4 Å². The number of allylic oxidation sites excluding steroid dienone is 1. The molecule has 0 atom stereocenters. The predicted octanol–water partition coefficient (Wildman–Crippen LogP) is 4.20. The summed E-state index contributed by atoms with van der Waals surface area (Å²) in [7, 11) is 1.76. The monoisotopic (exact) mass is 525 g/mol. The summed E-state index contributed by atoms with van der Waals surface area (Å²) in [6, 6.07) is 9.76. The van der Waals surface area contributed by atoms with Gasteiger partial charge in [-0.25, -0.2) is 4.79 Å². The normalized spacial score (nSPS) is 11.9. The van der Waals surface area contributed by atoms with Crippen LogP contribution >= 0.6 is 11.6 Å². The van der Waals surface area contributed by atoms with Crippen LogP contribution in [-0.4, -0.2) is 29.4 Å². The van der Waals surface area contributed by atoms with E-state index in [0.29, 0.717) is 17.7 Å². The van der Waals surface area contributed by atoms with Crippen LogP contribution < -0.4 is 20.5 Å². The highest BCUT2D eigenvalue weighted by Crippen LogP contribution is 2.37. The molecule has 0 spiro atoms. The zero-order valence-corrected chi connectivity index (χ0v) is 19.7. The number of ether oxygens (including phenoxy) is 2. The molecular weight excluding hydrogens is 504 g/mol. The molecule has 3 rings (SSSR count). The molecular formula is C24H22ClF4N4O3+. The van der Waals surface area contributed by atoms with E-state index in [-0.39, 0.29) is 18.9 Å². The topological polar surface area (TPSA) is 93.8 Å². The van der Waals surface area contributed by atoms with Gasteiger partial charge in [-0.2, -0.15) is 22.5 Å². The van der Waals surface area contributed by atoms with Crippen LogP contribution in [0.25, 0.3) is 0 Å². The summed E-state index contributed by atoms with van der Waals surface area (Å²) in [5, 5.41) is 8.62. The number of hydrogen-bond donors (Lipinski definition) is 2. The first-order valence-electron chi connectivity index (χ1n) is 10.6. The van der Waals surface area contributed by atoms with Crippen molar-refractivity contribution < 1.29 is 32.4 Å². The Bertz CT molecular complexity index is 1310. The molecule has 0 radical (unpaired) electrons. The summed E-state index contributed by atoms with van der Waals surface area (Å²) in [4.78, 5) is 15.8. The number of alkyl halides is 3. The van der Waals surface area contributed by atoms with Gasteiger partial charge in [0.2, 0.25) is 5.82 Å². The van der Waals surface area contributed by atoms with Gasteiger partial charge in [-0.15, -0.1) is 0 Å². The maximum atomic E-state index is 14.4. The number of benzene rings is 2. The van der Waals surface area contributed by atoms with Crippen LogP contribution in [0.15, 0.2) is 65.2 Å². The minimum atomic E-state index is -4.60. The molecule has 0 saturated heterocycles. The van der Waals surface area contributed by atoms with Crippen molar-refractivity contribution in [2.75, 3.05) is 13.7 Å². The summed E-state index contributed by atoms with van der Waals surface area (Å²) in [6.07, 6.45) is -0.579. The summed E-state index contributed by atoms with van der Waals surface area (Å²) < 4.78 is 65.2. The summed E-state index contributed by atoms with van der Waals surface area (Å²) >= 11 is 5.62. The Kier molecular flexibility index (Phi) is 8.83. The predicted molar refractivity (Wildman–Crippen MR) is 125 cm³/mol. The number of hydrogen-bond acceptors (Lipinski definition) is 5. The molecule has 2 aromatic carbocycles. The number of nitrogens with one attached hydrogen (secondary N) is 1. The van der Waals surface area contributed by atoms with Crippen molar-refractivity contribution >= 4 is 17.8 Å². The number of quaternary nitrogens is 1. The van der Waals surface area contributed by atoms with E-state index in [4.69, 9.17) is 26.5 Å². The molecule has 0 aliphatic rings. The Morgan fingerprint density at radius 1 is 1.19 bits per heavy atom. The van der Waals surface area contributed by atoms with E-state index in [2.05, 4.69) is 4.98 Å². The third-order valence-electron chi connectivity index (χ3n) is 4.87. The van der Waals surface area contributed by atoms with Crippen LogP contribution in [0.4, 0.5) is 17.6 Å². The summed E-state index contributed by atoms with van der Waals surface area (Å²) in [6.45, 7) is 0.0228. The molecule has 7 nitrogen and oxygen atoms in total. The third kappa shape index (κ3) is 7.15. The van der Waals surface area contributed by atoms with Crippen LogP contribution in [0.5, 0.6) is 17.4 Å². The second kappa shape index (κ2) is 11.8. The molecule has 0 fully saturated rings. The van der Waals surface area contributed by atoms with Gasteiger partial charge in [0.1, 0.15) is 11.5 Å². The number of aromatic nitrogens is 2. The second-order valence-electron chi connectivity index (χ2n) is 7.51. The van der Waals surface area contributed by atoms with Crippen molar-refractivity contribution in [2.45, 2.75) is 19.1 Å². The smallest absolute Gasteiger partial charge is 0.417 e. The molecule has 0 amide bonds. The maximum absolute atomic E-state index is 14.4. The van der Waals surface area contributed by atoms with E-state index in [1.165, 1.54) is 6.07 Å². The molecule has 1 aromatic heterocycles. The van der Waals surface area contributed by atoms with Gasteiger partial charge >= 0.3 is 11.9 Å². The van der Waals surface area contributed by atoms with E-state index >= 15 is 0 Å². The minimum absolute atomic E-state index is 0.00116. The number of nitrogens with two attached hydrogens (primary N) is 1. The van der Waals surface area contributed by atoms with Crippen LogP contribution in [0.2, 0.25) is 5.02 Å². The van der Waals surface area contributed by atoms with Crippen molar-refractivity contribution in [3.8, 4) is 17.4 Å². The number of rotatable bonds is 10. The van der Waals surface area contributed by atoms with Crippen molar-refractivity contribution in [1.29, 1.82) is 5.41 Å². The van der Waals surface area contributed by atoms with E-state index in [0.717, 1.165) is 34.7 Å². The quantitative estimate of drug-likeness (QED) is 0.306. The molecule has 3 aromatic rings. The van der Waals surface area contributed by atoms with Gasteiger partial charge in [-0.3, -0.25) is 4.57 Å².